The van der Waals surface area contributed by atoms with Crippen molar-refractivity contribution in [1.82, 2.24) is 5.32 Å². The smallest absolute Gasteiger partial charge is 0.231 e. The standard InChI is InChI=1S/C10H11NO2/c1-4-2-5-3-6(4)8-7(5)9(12)11-10(8)13/h2,5-8H,3H2,1H3,(H,11,12,13)/t5-,6-,7+,8-/m1/s1. The quantitative estimate of drug-likeness (QED) is 0.432. The van der Waals surface area contributed by atoms with Gasteiger partial charge in [0, 0.05) is 0 Å². The molecular weight excluding hydrogens is 166 g/mol. The number of allylic oxidation sites excluding steroid dienone is 2. The minimum absolute atomic E-state index is 0.0394. The molecule has 4 atom stereocenters. The zero-order valence-corrected chi connectivity index (χ0v) is 7.41. The molecule has 1 heterocycles. The Labute approximate surface area is 76.2 Å². The third-order valence-corrected chi connectivity index (χ3v) is 3.72. The van der Waals surface area contributed by atoms with Gasteiger partial charge in [-0.15, -0.1) is 0 Å². The number of carbonyl (C=O) groups excluding carboxylic acids is 2. The van der Waals surface area contributed by atoms with E-state index in [0.29, 0.717) is 11.8 Å². The van der Waals surface area contributed by atoms with Crippen LogP contribution in [0.2, 0.25) is 0 Å². The lowest BCUT2D eigenvalue weighted by atomic mass is 9.82. The van der Waals surface area contributed by atoms with Crippen LogP contribution in [0.1, 0.15) is 13.3 Å². The van der Waals surface area contributed by atoms with Gasteiger partial charge in [0.25, 0.3) is 0 Å². The fraction of sp³-hybridized carbons (Fsp3) is 0.600. The van der Waals surface area contributed by atoms with Crippen molar-refractivity contribution in [3.63, 3.8) is 0 Å². The predicted octanol–water partition coefficient (Wildman–Crippen LogP) is 0.471. The second-order valence-corrected chi connectivity index (χ2v) is 4.32. The third-order valence-electron chi connectivity index (χ3n) is 3.72. The molecule has 1 N–H and O–H groups in total. The topological polar surface area (TPSA) is 46.2 Å². The van der Waals surface area contributed by atoms with Gasteiger partial charge in [-0.25, -0.2) is 0 Å². The molecule has 0 aromatic rings. The first-order valence-electron chi connectivity index (χ1n) is 4.71. The van der Waals surface area contributed by atoms with Crippen LogP contribution in [0.5, 0.6) is 0 Å². The summed E-state index contributed by atoms with van der Waals surface area (Å²) in [5, 5.41) is 2.43. The molecule has 13 heavy (non-hydrogen) atoms. The number of hydrogen-bond acceptors (Lipinski definition) is 2. The lowest BCUT2D eigenvalue weighted by molar-refractivity contribution is -0.126. The van der Waals surface area contributed by atoms with E-state index in [1.807, 2.05) is 0 Å². The zero-order valence-electron chi connectivity index (χ0n) is 7.41. The lowest BCUT2D eigenvalue weighted by Crippen LogP contribution is -2.25. The van der Waals surface area contributed by atoms with Crippen molar-refractivity contribution in [3.05, 3.63) is 11.6 Å². The Kier molecular flexibility index (Phi) is 1.14. The molecule has 1 saturated heterocycles. The lowest BCUT2D eigenvalue weighted by Gasteiger charge is -2.18. The highest BCUT2D eigenvalue weighted by Crippen LogP contribution is 2.53. The maximum absolute atomic E-state index is 11.4. The second kappa shape index (κ2) is 2.03. The molecule has 1 aliphatic heterocycles. The van der Waals surface area contributed by atoms with Crippen LogP contribution in [-0.4, -0.2) is 11.8 Å². The largest absolute Gasteiger partial charge is 0.296 e. The summed E-state index contributed by atoms with van der Waals surface area (Å²) in [7, 11) is 0. The van der Waals surface area contributed by atoms with Gasteiger partial charge in [-0.3, -0.25) is 14.9 Å². The zero-order chi connectivity index (χ0) is 9.16. The van der Waals surface area contributed by atoms with E-state index in [0.717, 1.165) is 6.42 Å². The Hall–Kier alpha value is -1.12. The van der Waals surface area contributed by atoms with Gasteiger partial charge in [0.15, 0.2) is 0 Å². The molecule has 2 aliphatic carbocycles. The molecule has 3 rings (SSSR count). The summed E-state index contributed by atoms with van der Waals surface area (Å²) in [6.45, 7) is 2.07. The molecule has 2 amide bonds. The van der Waals surface area contributed by atoms with E-state index >= 15 is 0 Å². The Morgan fingerprint density at radius 2 is 2.00 bits per heavy atom. The van der Waals surface area contributed by atoms with Crippen LogP contribution in [0.3, 0.4) is 0 Å². The molecule has 0 spiro atoms. The molecule has 0 aromatic carbocycles. The number of hydrogen-bond donors (Lipinski definition) is 1. The van der Waals surface area contributed by atoms with E-state index in [1.54, 1.807) is 0 Å². The van der Waals surface area contributed by atoms with Crippen LogP contribution in [0.4, 0.5) is 0 Å². The average Bonchev–Trinajstić information content (AvgIpc) is 2.64. The predicted molar refractivity (Wildman–Crippen MR) is 45.5 cm³/mol. The fourth-order valence-corrected chi connectivity index (χ4v) is 3.20. The van der Waals surface area contributed by atoms with E-state index in [2.05, 4.69) is 18.3 Å². The van der Waals surface area contributed by atoms with Gasteiger partial charge in [-0.2, -0.15) is 0 Å². The van der Waals surface area contributed by atoms with Crippen molar-refractivity contribution in [2.24, 2.45) is 23.7 Å². The first kappa shape index (κ1) is 7.30. The van der Waals surface area contributed by atoms with Crippen LogP contribution in [0, 0.1) is 23.7 Å². The first-order chi connectivity index (χ1) is 6.18. The molecule has 3 nitrogen and oxygen atoms in total. The Morgan fingerprint density at radius 1 is 1.31 bits per heavy atom. The number of carbonyl (C=O) groups is 2. The highest BCUT2D eigenvalue weighted by Gasteiger charge is 2.57. The minimum Gasteiger partial charge on any atom is -0.296 e. The van der Waals surface area contributed by atoms with Gasteiger partial charge in [0.2, 0.25) is 11.8 Å². The Morgan fingerprint density at radius 3 is 2.77 bits per heavy atom. The highest BCUT2D eigenvalue weighted by atomic mass is 16.2. The van der Waals surface area contributed by atoms with Crippen molar-refractivity contribution in [2.75, 3.05) is 0 Å². The Balaban J connectivity index is 2.08. The molecule has 3 heteroatoms. The molecule has 1 saturated carbocycles. The van der Waals surface area contributed by atoms with Crippen LogP contribution in [0.15, 0.2) is 11.6 Å². The maximum Gasteiger partial charge on any atom is 0.231 e. The van der Waals surface area contributed by atoms with Crippen LogP contribution >= 0.6 is 0 Å². The van der Waals surface area contributed by atoms with E-state index < -0.39 is 0 Å². The van der Waals surface area contributed by atoms with Crippen molar-refractivity contribution >= 4 is 11.8 Å². The van der Waals surface area contributed by atoms with Crippen molar-refractivity contribution in [3.8, 4) is 0 Å². The van der Waals surface area contributed by atoms with Gasteiger partial charge in [-0.05, 0) is 25.2 Å². The molecule has 68 valence electrons. The number of rotatable bonds is 0. The van der Waals surface area contributed by atoms with Gasteiger partial charge >= 0.3 is 0 Å². The summed E-state index contributed by atoms with van der Waals surface area (Å²) in [6, 6.07) is 0. The van der Waals surface area contributed by atoms with E-state index in [1.165, 1.54) is 5.57 Å². The number of imide groups is 1. The highest BCUT2D eigenvalue weighted by molar-refractivity contribution is 6.06. The van der Waals surface area contributed by atoms with Crippen LogP contribution in [0.25, 0.3) is 0 Å². The molecule has 2 fully saturated rings. The molecular formula is C10H11NO2. The van der Waals surface area contributed by atoms with Crippen LogP contribution in [-0.2, 0) is 9.59 Å². The summed E-state index contributed by atoms with van der Waals surface area (Å²) in [5.74, 6) is 0.507. The molecule has 0 unspecified atom stereocenters. The number of amides is 2. The van der Waals surface area contributed by atoms with Crippen LogP contribution < -0.4 is 5.32 Å². The van der Waals surface area contributed by atoms with E-state index in [-0.39, 0.29) is 23.7 Å². The normalized spacial score (nSPS) is 46.4. The molecule has 0 radical (unpaired) electrons. The maximum atomic E-state index is 11.4. The summed E-state index contributed by atoms with van der Waals surface area (Å²) in [5.41, 5.74) is 1.30. The van der Waals surface area contributed by atoms with E-state index in [9.17, 15) is 9.59 Å². The molecule has 2 bridgehead atoms. The number of fused-ring (bicyclic) bond motifs is 5. The van der Waals surface area contributed by atoms with Gasteiger partial charge in [-0.1, -0.05) is 11.6 Å². The van der Waals surface area contributed by atoms with Crippen molar-refractivity contribution < 1.29 is 9.59 Å². The first-order valence-corrected chi connectivity index (χ1v) is 4.71. The summed E-state index contributed by atoms with van der Waals surface area (Å²) >= 11 is 0. The van der Waals surface area contributed by atoms with Crippen molar-refractivity contribution in [1.29, 1.82) is 0 Å². The van der Waals surface area contributed by atoms with E-state index in [4.69, 9.17) is 0 Å². The van der Waals surface area contributed by atoms with Gasteiger partial charge in [0.05, 0.1) is 11.8 Å². The Bertz CT molecular complexity index is 345. The SMILES string of the molecule is CC1=C[C@@H]2C[C@H]1[C@H]1C(=O)NC(=O)[C@H]12. The van der Waals surface area contributed by atoms with Crippen molar-refractivity contribution in [2.45, 2.75) is 13.3 Å². The number of nitrogens with one attached hydrogen (secondary N) is 1. The molecule has 0 aromatic heterocycles. The summed E-state index contributed by atoms with van der Waals surface area (Å²) in [4.78, 5) is 22.8. The summed E-state index contributed by atoms with van der Waals surface area (Å²) < 4.78 is 0. The third kappa shape index (κ3) is 0.705. The minimum atomic E-state index is -0.0498. The fourth-order valence-electron chi connectivity index (χ4n) is 3.20. The van der Waals surface area contributed by atoms with Gasteiger partial charge in [0.1, 0.15) is 0 Å². The monoisotopic (exact) mass is 177 g/mol. The second-order valence-electron chi connectivity index (χ2n) is 4.32. The summed E-state index contributed by atoms with van der Waals surface area (Å²) in [6.07, 6.45) is 3.18. The van der Waals surface area contributed by atoms with Gasteiger partial charge < -0.3 is 0 Å². The average molecular weight is 177 g/mol. The molecule has 3 aliphatic rings.